The SMILES string of the molecule is CCC(c1ccco1)N1CCc2c(cccc2C(=O)O)C1. The van der Waals surface area contributed by atoms with Gasteiger partial charge in [-0.2, -0.15) is 0 Å². The van der Waals surface area contributed by atoms with Crippen LogP contribution < -0.4 is 0 Å². The van der Waals surface area contributed by atoms with Gasteiger partial charge in [-0.25, -0.2) is 4.79 Å². The summed E-state index contributed by atoms with van der Waals surface area (Å²) >= 11 is 0. The van der Waals surface area contributed by atoms with Gasteiger partial charge in [0.1, 0.15) is 5.76 Å². The lowest BCUT2D eigenvalue weighted by molar-refractivity contribution is 0.0693. The van der Waals surface area contributed by atoms with E-state index >= 15 is 0 Å². The summed E-state index contributed by atoms with van der Waals surface area (Å²) in [7, 11) is 0. The minimum Gasteiger partial charge on any atom is -0.478 e. The van der Waals surface area contributed by atoms with Gasteiger partial charge in [-0.05, 0) is 42.2 Å². The van der Waals surface area contributed by atoms with E-state index in [0.29, 0.717) is 5.56 Å². The molecule has 2 heterocycles. The molecule has 0 radical (unpaired) electrons. The number of benzene rings is 1. The normalized spacial score (nSPS) is 16.4. The quantitative estimate of drug-likeness (QED) is 0.934. The number of aromatic carboxylic acids is 1. The lowest BCUT2D eigenvalue weighted by Crippen LogP contribution is -2.34. The van der Waals surface area contributed by atoms with Crippen LogP contribution in [0.4, 0.5) is 0 Å². The Morgan fingerprint density at radius 3 is 2.90 bits per heavy atom. The minimum atomic E-state index is -0.835. The molecular weight excluding hydrogens is 266 g/mol. The number of rotatable bonds is 4. The van der Waals surface area contributed by atoms with Crippen LogP contribution in [0.1, 0.15) is 46.6 Å². The predicted octanol–water partition coefficient (Wildman–Crippen LogP) is 3.49. The monoisotopic (exact) mass is 285 g/mol. The molecular formula is C17H19NO3. The van der Waals surface area contributed by atoms with Crippen molar-refractivity contribution in [2.24, 2.45) is 0 Å². The van der Waals surface area contributed by atoms with Crippen LogP contribution in [-0.4, -0.2) is 22.5 Å². The molecule has 0 spiro atoms. The van der Waals surface area contributed by atoms with E-state index in [1.807, 2.05) is 24.3 Å². The zero-order chi connectivity index (χ0) is 14.8. The first-order chi connectivity index (χ1) is 10.2. The van der Waals surface area contributed by atoms with Crippen molar-refractivity contribution >= 4 is 5.97 Å². The van der Waals surface area contributed by atoms with Gasteiger partial charge in [0.25, 0.3) is 0 Å². The van der Waals surface area contributed by atoms with E-state index in [4.69, 9.17) is 4.42 Å². The van der Waals surface area contributed by atoms with E-state index in [1.165, 1.54) is 0 Å². The highest BCUT2D eigenvalue weighted by Gasteiger charge is 2.27. The van der Waals surface area contributed by atoms with E-state index in [2.05, 4.69) is 11.8 Å². The zero-order valence-corrected chi connectivity index (χ0v) is 12.1. The van der Waals surface area contributed by atoms with E-state index in [-0.39, 0.29) is 6.04 Å². The van der Waals surface area contributed by atoms with Crippen LogP contribution in [0.2, 0.25) is 0 Å². The highest BCUT2D eigenvalue weighted by Crippen LogP contribution is 2.31. The summed E-state index contributed by atoms with van der Waals surface area (Å²) in [5.41, 5.74) is 2.54. The third-order valence-electron chi connectivity index (χ3n) is 4.22. The second-order valence-electron chi connectivity index (χ2n) is 5.41. The molecule has 0 aliphatic carbocycles. The summed E-state index contributed by atoms with van der Waals surface area (Å²) < 4.78 is 5.55. The van der Waals surface area contributed by atoms with Crippen molar-refractivity contribution < 1.29 is 14.3 Å². The first-order valence-electron chi connectivity index (χ1n) is 7.32. The summed E-state index contributed by atoms with van der Waals surface area (Å²) in [6, 6.07) is 9.74. The maximum atomic E-state index is 11.3. The number of carboxylic acid groups (broad SMARTS) is 1. The number of hydrogen-bond donors (Lipinski definition) is 1. The summed E-state index contributed by atoms with van der Waals surface area (Å²) in [5, 5.41) is 9.28. The van der Waals surface area contributed by atoms with Gasteiger partial charge >= 0.3 is 5.97 Å². The van der Waals surface area contributed by atoms with Gasteiger partial charge in [0.05, 0.1) is 17.9 Å². The standard InChI is InChI=1S/C17H19NO3/c1-2-15(16-7-4-10-21-16)18-9-8-13-12(11-18)5-3-6-14(13)17(19)20/h3-7,10,15H,2,8-9,11H2,1H3,(H,19,20). The molecule has 4 heteroatoms. The Morgan fingerprint density at radius 1 is 1.38 bits per heavy atom. The minimum absolute atomic E-state index is 0.252. The van der Waals surface area contributed by atoms with Gasteiger partial charge in [0.2, 0.25) is 0 Å². The molecule has 0 saturated heterocycles. The van der Waals surface area contributed by atoms with Gasteiger partial charge in [-0.3, -0.25) is 4.90 Å². The molecule has 1 atom stereocenters. The molecule has 1 aliphatic heterocycles. The van der Waals surface area contributed by atoms with E-state index in [0.717, 1.165) is 42.8 Å². The van der Waals surface area contributed by atoms with Crippen LogP contribution in [0.5, 0.6) is 0 Å². The van der Waals surface area contributed by atoms with Crippen LogP contribution in [0.3, 0.4) is 0 Å². The Balaban J connectivity index is 1.88. The van der Waals surface area contributed by atoms with E-state index in [9.17, 15) is 9.90 Å². The third-order valence-corrected chi connectivity index (χ3v) is 4.22. The van der Waals surface area contributed by atoms with Crippen molar-refractivity contribution in [1.82, 2.24) is 4.90 Å². The predicted molar refractivity (Wildman–Crippen MR) is 79.3 cm³/mol. The van der Waals surface area contributed by atoms with Crippen LogP contribution in [-0.2, 0) is 13.0 Å². The van der Waals surface area contributed by atoms with Crippen molar-refractivity contribution in [2.45, 2.75) is 32.4 Å². The molecule has 1 aromatic carbocycles. The zero-order valence-electron chi connectivity index (χ0n) is 12.1. The molecule has 1 unspecified atom stereocenters. The summed E-state index contributed by atoms with van der Waals surface area (Å²) in [4.78, 5) is 13.7. The van der Waals surface area contributed by atoms with Gasteiger partial charge in [-0.15, -0.1) is 0 Å². The Kier molecular flexibility index (Phi) is 3.80. The maximum Gasteiger partial charge on any atom is 0.335 e. The maximum absolute atomic E-state index is 11.3. The van der Waals surface area contributed by atoms with Crippen LogP contribution in [0.15, 0.2) is 41.0 Å². The fraction of sp³-hybridized carbons (Fsp3) is 0.353. The number of carboxylic acids is 1. The van der Waals surface area contributed by atoms with Gasteiger partial charge in [0.15, 0.2) is 0 Å². The molecule has 4 nitrogen and oxygen atoms in total. The fourth-order valence-electron chi connectivity index (χ4n) is 3.22. The number of nitrogens with zero attached hydrogens (tertiary/aromatic N) is 1. The first kappa shape index (κ1) is 13.9. The van der Waals surface area contributed by atoms with Crippen molar-refractivity contribution in [1.29, 1.82) is 0 Å². The van der Waals surface area contributed by atoms with Crippen molar-refractivity contribution in [2.75, 3.05) is 6.54 Å². The van der Waals surface area contributed by atoms with Crippen LogP contribution in [0, 0.1) is 0 Å². The molecule has 1 N–H and O–H groups in total. The largest absolute Gasteiger partial charge is 0.478 e. The Labute approximate surface area is 124 Å². The molecule has 110 valence electrons. The van der Waals surface area contributed by atoms with Gasteiger partial charge in [-0.1, -0.05) is 19.1 Å². The lowest BCUT2D eigenvalue weighted by atomic mass is 9.93. The van der Waals surface area contributed by atoms with Crippen LogP contribution in [0.25, 0.3) is 0 Å². The average molecular weight is 285 g/mol. The molecule has 1 aromatic heterocycles. The Hall–Kier alpha value is -2.07. The molecule has 0 fully saturated rings. The summed E-state index contributed by atoms with van der Waals surface area (Å²) in [5.74, 6) is 0.147. The van der Waals surface area contributed by atoms with E-state index in [1.54, 1.807) is 12.3 Å². The second kappa shape index (κ2) is 5.74. The lowest BCUT2D eigenvalue weighted by Gasteiger charge is -2.34. The highest BCUT2D eigenvalue weighted by molar-refractivity contribution is 5.89. The molecule has 21 heavy (non-hydrogen) atoms. The van der Waals surface area contributed by atoms with Crippen molar-refractivity contribution in [3.05, 3.63) is 59.0 Å². The average Bonchev–Trinajstić information content (AvgIpc) is 3.01. The van der Waals surface area contributed by atoms with Crippen molar-refractivity contribution in [3.63, 3.8) is 0 Å². The number of carbonyl (C=O) groups is 1. The third kappa shape index (κ3) is 2.59. The molecule has 0 saturated carbocycles. The number of furan rings is 1. The van der Waals surface area contributed by atoms with Gasteiger partial charge < -0.3 is 9.52 Å². The highest BCUT2D eigenvalue weighted by atomic mass is 16.4. The molecule has 3 rings (SSSR count). The molecule has 0 bridgehead atoms. The number of hydrogen-bond acceptors (Lipinski definition) is 3. The summed E-state index contributed by atoms with van der Waals surface area (Å²) in [6.07, 6.45) is 3.45. The Morgan fingerprint density at radius 2 is 2.24 bits per heavy atom. The van der Waals surface area contributed by atoms with Gasteiger partial charge in [0, 0.05) is 13.1 Å². The number of fused-ring (bicyclic) bond motifs is 1. The van der Waals surface area contributed by atoms with E-state index < -0.39 is 5.97 Å². The smallest absolute Gasteiger partial charge is 0.335 e. The molecule has 1 aliphatic rings. The van der Waals surface area contributed by atoms with Crippen molar-refractivity contribution in [3.8, 4) is 0 Å². The van der Waals surface area contributed by atoms with Crippen LogP contribution >= 0.6 is 0 Å². The molecule has 0 amide bonds. The summed E-state index contributed by atoms with van der Waals surface area (Å²) in [6.45, 7) is 3.78. The second-order valence-corrected chi connectivity index (χ2v) is 5.41. The molecule has 2 aromatic rings. The Bertz CT molecular complexity index is 633. The fourth-order valence-corrected chi connectivity index (χ4v) is 3.22. The first-order valence-corrected chi connectivity index (χ1v) is 7.32. The topological polar surface area (TPSA) is 53.7 Å².